The topological polar surface area (TPSA) is 81.0 Å². The van der Waals surface area contributed by atoms with Crippen LogP contribution in [-0.4, -0.2) is 39.2 Å². The van der Waals surface area contributed by atoms with Crippen LogP contribution in [0.5, 0.6) is 5.75 Å². The van der Waals surface area contributed by atoms with Crippen LogP contribution < -0.4 is 15.0 Å². The minimum Gasteiger partial charge on any atom is -0.495 e. The molecule has 1 aromatic heterocycles. The summed E-state index contributed by atoms with van der Waals surface area (Å²) in [7, 11) is 5.29. The number of amides is 1. The van der Waals surface area contributed by atoms with E-state index >= 15 is 0 Å². The zero-order chi connectivity index (χ0) is 22.8. The maximum atomic E-state index is 12.7. The molecule has 0 unspecified atom stereocenters. The Labute approximate surface area is 185 Å². The minimum absolute atomic E-state index is 0.372. The molecule has 7 heteroatoms. The molecule has 0 fully saturated rings. The number of benzene rings is 3. The summed E-state index contributed by atoms with van der Waals surface area (Å²) in [4.78, 5) is 27.2. The molecule has 1 atom stereocenters. The molecule has 7 nitrogen and oxygen atoms in total. The summed E-state index contributed by atoms with van der Waals surface area (Å²) in [5, 5.41) is 4.62. The molecule has 32 heavy (non-hydrogen) atoms. The van der Waals surface area contributed by atoms with Gasteiger partial charge in [-0.2, -0.15) is 0 Å². The lowest BCUT2D eigenvalue weighted by molar-refractivity contribution is -0.123. The molecule has 0 spiro atoms. The zero-order valence-corrected chi connectivity index (χ0v) is 18.3. The summed E-state index contributed by atoms with van der Waals surface area (Å²) in [6, 6.07) is 18.2. The van der Waals surface area contributed by atoms with Crippen LogP contribution >= 0.6 is 0 Å². The van der Waals surface area contributed by atoms with Gasteiger partial charge in [-0.1, -0.05) is 24.3 Å². The number of fused-ring (bicyclic) bond motifs is 3. The summed E-state index contributed by atoms with van der Waals surface area (Å²) in [6.07, 6.45) is -1.01. The second-order valence-corrected chi connectivity index (χ2v) is 7.63. The van der Waals surface area contributed by atoms with Crippen molar-refractivity contribution in [3.8, 4) is 5.75 Å². The molecular weight excluding hydrogens is 408 g/mol. The highest BCUT2D eigenvalue weighted by Gasteiger charge is 2.21. The average Bonchev–Trinajstić information content (AvgIpc) is 3.15. The lowest BCUT2D eigenvalue weighted by Gasteiger charge is -2.16. The third-order valence-corrected chi connectivity index (χ3v) is 5.21. The van der Waals surface area contributed by atoms with Crippen molar-refractivity contribution >= 4 is 45.2 Å². The number of methoxy groups -OCH3 is 1. The molecule has 0 saturated heterocycles. The lowest BCUT2D eigenvalue weighted by atomic mass is 10.1. The van der Waals surface area contributed by atoms with Crippen LogP contribution in [0.2, 0.25) is 0 Å². The Kier molecular flexibility index (Phi) is 5.73. The van der Waals surface area contributed by atoms with Crippen molar-refractivity contribution in [1.29, 1.82) is 0 Å². The Balaban J connectivity index is 1.53. The predicted molar refractivity (Wildman–Crippen MR) is 125 cm³/mol. The molecule has 0 aliphatic heterocycles. The van der Waals surface area contributed by atoms with Gasteiger partial charge in [-0.05, 0) is 37.3 Å². The first kappa shape index (κ1) is 21.2. The van der Waals surface area contributed by atoms with Crippen molar-refractivity contribution in [2.24, 2.45) is 0 Å². The Morgan fingerprint density at radius 3 is 2.50 bits per heavy atom. The van der Waals surface area contributed by atoms with Gasteiger partial charge in [0.25, 0.3) is 5.91 Å². The second kappa shape index (κ2) is 8.63. The Hall–Kier alpha value is -4.00. The van der Waals surface area contributed by atoms with Gasteiger partial charge in [0.2, 0.25) is 0 Å². The number of esters is 1. The van der Waals surface area contributed by atoms with Gasteiger partial charge in [0, 0.05) is 36.6 Å². The maximum Gasteiger partial charge on any atom is 0.338 e. The van der Waals surface area contributed by atoms with E-state index in [9.17, 15) is 9.59 Å². The molecular formula is C25H24N2O5. The fourth-order valence-electron chi connectivity index (χ4n) is 3.45. The number of rotatable bonds is 6. The largest absolute Gasteiger partial charge is 0.495 e. The maximum absolute atomic E-state index is 12.7. The fourth-order valence-corrected chi connectivity index (χ4v) is 3.45. The highest BCUT2D eigenvalue weighted by Crippen LogP contribution is 2.36. The van der Waals surface area contributed by atoms with Crippen LogP contribution in [0.4, 0.5) is 11.4 Å². The second-order valence-electron chi connectivity index (χ2n) is 7.63. The number of hydrogen-bond acceptors (Lipinski definition) is 6. The van der Waals surface area contributed by atoms with Gasteiger partial charge in [0.05, 0.1) is 18.4 Å². The molecule has 0 radical (unpaired) electrons. The smallest absolute Gasteiger partial charge is 0.338 e. The Bertz CT molecular complexity index is 1310. The molecule has 4 rings (SSSR count). The normalized spacial score (nSPS) is 11.9. The van der Waals surface area contributed by atoms with E-state index < -0.39 is 18.0 Å². The SMILES string of the molecule is COc1cc2c(cc1NC(=O)[C@H](C)OC(=O)c1cccc(N(C)C)c1)oc1ccccc12. The van der Waals surface area contributed by atoms with Gasteiger partial charge < -0.3 is 24.1 Å². The number of furan rings is 1. The van der Waals surface area contributed by atoms with Gasteiger partial charge in [0.15, 0.2) is 6.10 Å². The summed E-state index contributed by atoms with van der Waals surface area (Å²) < 4.78 is 16.7. The van der Waals surface area contributed by atoms with Crippen molar-refractivity contribution in [1.82, 2.24) is 0 Å². The van der Waals surface area contributed by atoms with Crippen LogP contribution in [0, 0.1) is 0 Å². The third kappa shape index (κ3) is 4.09. The number of anilines is 2. The van der Waals surface area contributed by atoms with Crippen LogP contribution in [0.3, 0.4) is 0 Å². The highest BCUT2D eigenvalue weighted by atomic mass is 16.5. The first-order valence-corrected chi connectivity index (χ1v) is 10.2. The third-order valence-electron chi connectivity index (χ3n) is 5.21. The number of para-hydroxylation sites is 1. The van der Waals surface area contributed by atoms with Crippen molar-refractivity contribution < 1.29 is 23.5 Å². The molecule has 0 aliphatic rings. The molecule has 0 aliphatic carbocycles. The molecule has 0 saturated carbocycles. The molecule has 4 aromatic rings. The number of hydrogen-bond donors (Lipinski definition) is 1. The van der Waals surface area contributed by atoms with Gasteiger partial charge in [-0.15, -0.1) is 0 Å². The first-order valence-electron chi connectivity index (χ1n) is 10.2. The van der Waals surface area contributed by atoms with Crippen LogP contribution in [0.25, 0.3) is 21.9 Å². The van der Waals surface area contributed by atoms with Crippen molar-refractivity contribution in [3.63, 3.8) is 0 Å². The molecule has 1 amide bonds. The molecule has 3 aromatic carbocycles. The van der Waals surface area contributed by atoms with E-state index in [1.54, 1.807) is 24.3 Å². The molecule has 164 valence electrons. The van der Waals surface area contributed by atoms with Crippen molar-refractivity contribution in [2.45, 2.75) is 13.0 Å². The number of carbonyl (C=O) groups is 2. The first-order chi connectivity index (χ1) is 15.4. The molecule has 1 N–H and O–H groups in total. The molecule has 0 bridgehead atoms. The van der Waals surface area contributed by atoms with Crippen molar-refractivity contribution in [2.75, 3.05) is 31.4 Å². The van der Waals surface area contributed by atoms with Gasteiger partial charge in [0.1, 0.15) is 16.9 Å². The van der Waals surface area contributed by atoms with E-state index in [0.29, 0.717) is 22.6 Å². The molecule has 1 heterocycles. The summed E-state index contributed by atoms with van der Waals surface area (Å²) in [5.74, 6) is -0.568. The summed E-state index contributed by atoms with van der Waals surface area (Å²) >= 11 is 0. The Morgan fingerprint density at radius 2 is 1.75 bits per heavy atom. The van der Waals surface area contributed by atoms with E-state index in [0.717, 1.165) is 22.0 Å². The van der Waals surface area contributed by atoms with Crippen LogP contribution in [-0.2, 0) is 9.53 Å². The summed E-state index contributed by atoms with van der Waals surface area (Å²) in [5.41, 5.74) is 3.03. The van der Waals surface area contributed by atoms with E-state index in [2.05, 4.69) is 5.32 Å². The predicted octanol–water partition coefficient (Wildman–Crippen LogP) is 4.84. The quantitative estimate of drug-likeness (QED) is 0.439. The Morgan fingerprint density at radius 1 is 0.969 bits per heavy atom. The highest BCUT2D eigenvalue weighted by molar-refractivity contribution is 6.08. The van der Waals surface area contributed by atoms with Crippen molar-refractivity contribution in [3.05, 3.63) is 66.2 Å². The standard InChI is InChI=1S/C25H24N2O5/c1-15(31-25(29)16-8-7-9-17(12-16)27(2)3)24(28)26-20-14-22-19(13-23(20)30-4)18-10-5-6-11-21(18)32-22/h5-15H,1-4H3,(H,26,28)/t15-/m0/s1. The van der Waals surface area contributed by atoms with E-state index in [4.69, 9.17) is 13.9 Å². The zero-order valence-electron chi connectivity index (χ0n) is 18.3. The summed E-state index contributed by atoms with van der Waals surface area (Å²) in [6.45, 7) is 1.52. The number of nitrogens with one attached hydrogen (secondary N) is 1. The van der Waals surface area contributed by atoms with E-state index in [-0.39, 0.29) is 0 Å². The number of ether oxygens (including phenoxy) is 2. The lowest BCUT2D eigenvalue weighted by Crippen LogP contribution is -2.30. The van der Waals surface area contributed by atoms with E-state index in [1.807, 2.05) is 55.4 Å². The van der Waals surface area contributed by atoms with Gasteiger partial charge in [-0.3, -0.25) is 4.79 Å². The number of carbonyl (C=O) groups excluding carboxylic acids is 2. The fraction of sp³-hybridized carbons (Fsp3) is 0.200. The van der Waals surface area contributed by atoms with Crippen LogP contribution in [0.1, 0.15) is 17.3 Å². The van der Waals surface area contributed by atoms with Gasteiger partial charge in [-0.25, -0.2) is 4.79 Å². The number of nitrogens with zero attached hydrogens (tertiary/aromatic N) is 1. The monoisotopic (exact) mass is 432 g/mol. The van der Waals surface area contributed by atoms with E-state index in [1.165, 1.54) is 14.0 Å². The minimum atomic E-state index is -1.01. The average molecular weight is 432 g/mol. The van der Waals surface area contributed by atoms with Crippen LogP contribution in [0.15, 0.2) is 65.1 Å². The van der Waals surface area contributed by atoms with Gasteiger partial charge >= 0.3 is 5.97 Å².